The number of sulfonamides is 1. The first-order valence-corrected chi connectivity index (χ1v) is 11.6. The molecular formula is C23H22ClFN2O5S. The summed E-state index contributed by atoms with van der Waals surface area (Å²) >= 11 is 6.03. The van der Waals surface area contributed by atoms with Crippen LogP contribution >= 0.6 is 11.6 Å². The Labute approximate surface area is 196 Å². The number of carbonyl (C=O) groups excluding carboxylic acids is 1. The fourth-order valence-corrected chi connectivity index (χ4v) is 4.69. The molecule has 2 N–H and O–H groups in total. The molecule has 0 aliphatic rings. The maximum absolute atomic E-state index is 13.8. The van der Waals surface area contributed by atoms with Gasteiger partial charge in [0.2, 0.25) is 15.9 Å². The molecule has 0 fully saturated rings. The summed E-state index contributed by atoms with van der Waals surface area (Å²) < 4.78 is 52.7. The van der Waals surface area contributed by atoms with Crippen LogP contribution in [0, 0.1) is 5.82 Å². The molecule has 0 aliphatic carbocycles. The Hall–Kier alpha value is -3.14. The predicted molar refractivity (Wildman–Crippen MR) is 124 cm³/mol. The average molecular weight is 493 g/mol. The van der Waals surface area contributed by atoms with Gasteiger partial charge >= 0.3 is 0 Å². The summed E-state index contributed by atoms with van der Waals surface area (Å²) in [6, 6.07) is 15.4. The molecule has 0 bridgehead atoms. The summed E-state index contributed by atoms with van der Waals surface area (Å²) in [5.41, 5.74) is 0.986. The highest BCUT2D eigenvalue weighted by Gasteiger charge is 2.29. The molecule has 1 atom stereocenters. The van der Waals surface area contributed by atoms with Gasteiger partial charge in [0.05, 0.1) is 19.9 Å². The number of halogens is 2. The Kier molecular flexibility index (Phi) is 7.91. The van der Waals surface area contributed by atoms with E-state index in [1.165, 1.54) is 26.4 Å². The Morgan fingerprint density at radius 1 is 1.00 bits per heavy atom. The van der Waals surface area contributed by atoms with Crippen LogP contribution in [0.4, 0.5) is 10.1 Å². The Morgan fingerprint density at radius 3 is 2.33 bits per heavy atom. The fraction of sp³-hybridized carbons (Fsp3) is 0.174. The maximum Gasteiger partial charge on any atom is 0.245 e. The summed E-state index contributed by atoms with van der Waals surface area (Å²) in [5.74, 6) is -1.12. The van der Waals surface area contributed by atoms with Crippen molar-refractivity contribution < 1.29 is 27.1 Å². The Morgan fingerprint density at radius 2 is 1.67 bits per heavy atom. The molecule has 3 rings (SSSR count). The van der Waals surface area contributed by atoms with Gasteiger partial charge in [-0.15, -0.1) is 0 Å². The molecule has 3 aromatic carbocycles. The lowest BCUT2D eigenvalue weighted by Gasteiger charge is -2.20. The minimum Gasteiger partial charge on any atom is -0.495 e. The van der Waals surface area contributed by atoms with Crippen LogP contribution < -0.4 is 19.5 Å². The van der Waals surface area contributed by atoms with E-state index in [2.05, 4.69) is 10.0 Å². The lowest BCUT2D eigenvalue weighted by atomic mass is 10.1. The monoisotopic (exact) mass is 492 g/mol. The van der Waals surface area contributed by atoms with Crippen molar-refractivity contribution in [2.24, 2.45) is 0 Å². The molecule has 3 aromatic rings. The van der Waals surface area contributed by atoms with E-state index in [4.69, 9.17) is 21.1 Å². The topological polar surface area (TPSA) is 93.7 Å². The summed E-state index contributed by atoms with van der Waals surface area (Å²) in [6.45, 7) is 0. The average Bonchev–Trinajstić information content (AvgIpc) is 2.79. The number of nitrogens with one attached hydrogen (secondary N) is 2. The van der Waals surface area contributed by atoms with Crippen molar-refractivity contribution in [3.63, 3.8) is 0 Å². The van der Waals surface area contributed by atoms with Crippen molar-refractivity contribution in [3.05, 3.63) is 83.1 Å². The number of carbonyl (C=O) groups is 1. The van der Waals surface area contributed by atoms with Crippen LogP contribution in [-0.2, 0) is 21.2 Å². The van der Waals surface area contributed by atoms with Gasteiger partial charge in [0, 0.05) is 5.02 Å². The lowest BCUT2D eigenvalue weighted by molar-refractivity contribution is -0.117. The van der Waals surface area contributed by atoms with Crippen molar-refractivity contribution in [1.82, 2.24) is 4.72 Å². The van der Waals surface area contributed by atoms with E-state index in [1.807, 2.05) is 0 Å². The van der Waals surface area contributed by atoms with E-state index in [-0.39, 0.29) is 17.9 Å². The second kappa shape index (κ2) is 10.7. The van der Waals surface area contributed by atoms with Crippen molar-refractivity contribution >= 4 is 33.2 Å². The smallest absolute Gasteiger partial charge is 0.245 e. The van der Waals surface area contributed by atoms with Crippen molar-refractivity contribution in [2.75, 3.05) is 19.5 Å². The lowest BCUT2D eigenvalue weighted by Crippen LogP contribution is -2.45. The molecule has 0 spiro atoms. The van der Waals surface area contributed by atoms with Gasteiger partial charge in [-0.1, -0.05) is 41.9 Å². The number of hydrogen-bond donors (Lipinski definition) is 2. The summed E-state index contributed by atoms with van der Waals surface area (Å²) in [5, 5.41) is 3.01. The first kappa shape index (κ1) is 24.5. The van der Waals surface area contributed by atoms with Crippen LogP contribution in [0.15, 0.2) is 71.6 Å². The van der Waals surface area contributed by atoms with Crippen molar-refractivity contribution in [2.45, 2.75) is 17.4 Å². The van der Waals surface area contributed by atoms with Gasteiger partial charge in [0.25, 0.3) is 0 Å². The predicted octanol–water partition coefficient (Wildman–Crippen LogP) is 4.02. The zero-order valence-corrected chi connectivity index (χ0v) is 19.4. The zero-order valence-electron chi connectivity index (χ0n) is 17.8. The van der Waals surface area contributed by atoms with Crippen molar-refractivity contribution in [3.8, 4) is 11.5 Å². The van der Waals surface area contributed by atoms with Gasteiger partial charge in [-0.25, -0.2) is 12.8 Å². The van der Waals surface area contributed by atoms with Gasteiger partial charge in [-0.05, 0) is 48.4 Å². The van der Waals surface area contributed by atoms with Gasteiger partial charge in [0.15, 0.2) is 0 Å². The molecule has 10 heteroatoms. The third kappa shape index (κ3) is 6.22. The van der Waals surface area contributed by atoms with E-state index in [9.17, 15) is 17.6 Å². The van der Waals surface area contributed by atoms with E-state index in [0.717, 1.165) is 12.1 Å². The summed E-state index contributed by atoms with van der Waals surface area (Å²) in [4.78, 5) is 12.8. The summed E-state index contributed by atoms with van der Waals surface area (Å²) in [6.07, 6.45) is 0.0341. The SMILES string of the molecule is COc1ccc(Cl)cc1NC(=O)C(Cc1ccccc1)NS(=O)(=O)c1cc(F)ccc1OC. The molecule has 0 radical (unpaired) electrons. The van der Waals surface area contributed by atoms with E-state index in [0.29, 0.717) is 16.3 Å². The quantitative estimate of drug-likeness (QED) is 0.470. The van der Waals surface area contributed by atoms with Crippen molar-refractivity contribution in [1.29, 1.82) is 0 Å². The second-order valence-corrected chi connectivity index (χ2v) is 9.11. The number of anilines is 1. The highest BCUT2D eigenvalue weighted by molar-refractivity contribution is 7.89. The minimum atomic E-state index is -4.34. The van der Waals surface area contributed by atoms with E-state index in [1.54, 1.807) is 42.5 Å². The van der Waals surface area contributed by atoms with Gasteiger partial charge < -0.3 is 14.8 Å². The Balaban J connectivity index is 1.96. The molecule has 0 aliphatic heterocycles. The normalized spacial score (nSPS) is 12.1. The van der Waals surface area contributed by atoms with Crippen LogP contribution in [0.2, 0.25) is 5.02 Å². The highest BCUT2D eigenvalue weighted by Crippen LogP contribution is 2.28. The van der Waals surface area contributed by atoms with Gasteiger partial charge in [0.1, 0.15) is 28.3 Å². The molecule has 174 valence electrons. The van der Waals surface area contributed by atoms with Crippen LogP contribution in [0.1, 0.15) is 5.56 Å². The first-order valence-electron chi connectivity index (χ1n) is 9.77. The number of rotatable bonds is 9. The van der Waals surface area contributed by atoms with Gasteiger partial charge in [-0.3, -0.25) is 4.79 Å². The van der Waals surface area contributed by atoms with Crippen LogP contribution in [-0.4, -0.2) is 34.6 Å². The number of benzene rings is 3. The van der Waals surface area contributed by atoms with Gasteiger partial charge in [-0.2, -0.15) is 4.72 Å². The second-order valence-electron chi connectivity index (χ2n) is 6.99. The third-order valence-electron chi connectivity index (χ3n) is 4.73. The number of amides is 1. The molecule has 0 heterocycles. The maximum atomic E-state index is 13.8. The zero-order chi connectivity index (χ0) is 24.0. The van der Waals surface area contributed by atoms with Crippen LogP contribution in [0.5, 0.6) is 11.5 Å². The molecule has 0 saturated carbocycles. The molecular weight excluding hydrogens is 471 g/mol. The highest BCUT2D eigenvalue weighted by atomic mass is 35.5. The molecule has 1 amide bonds. The number of methoxy groups -OCH3 is 2. The standard InChI is InChI=1S/C23H22ClFN2O5S/c1-31-20-10-8-16(24)13-18(20)26-23(28)19(12-15-6-4-3-5-7-15)27-33(29,30)22-14-17(25)9-11-21(22)32-2/h3-11,13-14,19,27H,12H2,1-2H3,(H,26,28). The molecule has 1 unspecified atom stereocenters. The molecule has 0 saturated heterocycles. The van der Waals surface area contributed by atoms with Crippen LogP contribution in [0.3, 0.4) is 0 Å². The number of hydrogen-bond acceptors (Lipinski definition) is 5. The van der Waals surface area contributed by atoms with E-state index < -0.39 is 32.7 Å². The third-order valence-corrected chi connectivity index (χ3v) is 6.46. The molecule has 33 heavy (non-hydrogen) atoms. The molecule has 0 aromatic heterocycles. The number of ether oxygens (including phenoxy) is 2. The first-order chi connectivity index (χ1) is 15.7. The fourth-order valence-electron chi connectivity index (χ4n) is 3.15. The summed E-state index contributed by atoms with van der Waals surface area (Å²) in [7, 11) is -1.64. The Bertz CT molecular complexity index is 1240. The largest absolute Gasteiger partial charge is 0.495 e. The molecule has 7 nitrogen and oxygen atoms in total. The minimum absolute atomic E-state index is 0.0341. The van der Waals surface area contributed by atoms with Crippen LogP contribution in [0.25, 0.3) is 0 Å². The van der Waals surface area contributed by atoms with E-state index >= 15 is 0 Å².